The number of carbonyl (C=O) groups is 1. The lowest BCUT2D eigenvalue weighted by molar-refractivity contribution is -0.432. The number of aromatic nitrogens is 2. The summed E-state index contributed by atoms with van der Waals surface area (Å²) in [6.07, 6.45) is -6.82. The van der Waals surface area contributed by atoms with Crippen LogP contribution < -0.4 is 5.32 Å². The highest BCUT2D eigenvalue weighted by atomic mass is 19.4. The number of hydrogen-bond acceptors (Lipinski definition) is 8. The summed E-state index contributed by atoms with van der Waals surface area (Å²) in [7, 11) is 0. The predicted molar refractivity (Wildman–Crippen MR) is 104 cm³/mol. The Kier molecular flexibility index (Phi) is 6.08. The number of fused-ring (bicyclic) bond motifs is 3. The largest absolute Gasteiger partial charge is 0.524 e. The molecule has 2 bridgehead atoms. The van der Waals surface area contributed by atoms with Crippen LogP contribution in [0.1, 0.15) is 76.0 Å². The fourth-order valence-electron chi connectivity index (χ4n) is 5.29. The summed E-state index contributed by atoms with van der Waals surface area (Å²) in [6, 6.07) is 0. The summed E-state index contributed by atoms with van der Waals surface area (Å²) in [5.74, 6) is -2.60. The number of carbonyl (C=O) groups excluding carboxylic acids is 1. The van der Waals surface area contributed by atoms with Crippen LogP contribution in [0.15, 0.2) is 4.42 Å². The fraction of sp³-hybridized carbons (Fsp3) is 0.857. The maximum atomic E-state index is 12.9. The molecule has 0 unspecified atom stereocenters. The molecule has 0 radical (unpaired) electrons. The normalized spacial score (nSPS) is 30.9. The second-order valence-corrected chi connectivity index (χ2v) is 10.0. The number of hydrogen-bond donors (Lipinski definition) is 1. The molecule has 3 aliphatic carbocycles. The van der Waals surface area contributed by atoms with Gasteiger partial charge in [-0.1, -0.05) is 0 Å². The summed E-state index contributed by atoms with van der Waals surface area (Å²) in [6.45, 7) is -0.540. The highest BCUT2D eigenvalue weighted by Gasteiger charge is 2.57. The number of halogens is 6. The van der Waals surface area contributed by atoms with Crippen molar-refractivity contribution in [3.63, 3.8) is 0 Å². The molecule has 1 aromatic heterocycles. The van der Waals surface area contributed by atoms with Crippen LogP contribution in [0.2, 0.25) is 0 Å². The van der Waals surface area contributed by atoms with Crippen LogP contribution >= 0.6 is 0 Å². The van der Waals surface area contributed by atoms with Crippen molar-refractivity contribution in [2.75, 3.05) is 13.2 Å². The highest BCUT2D eigenvalue weighted by molar-refractivity contribution is 5.78. The third-order valence-electron chi connectivity index (χ3n) is 7.60. The van der Waals surface area contributed by atoms with Gasteiger partial charge in [0.15, 0.2) is 11.4 Å². The molecule has 3 heterocycles. The highest BCUT2D eigenvalue weighted by Crippen LogP contribution is 2.52. The number of alkyl halides is 6. The van der Waals surface area contributed by atoms with Crippen LogP contribution in [0.5, 0.6) is 0 Å². The zero-order valence-electron chi connectivity index (χ0n) is 19.1. The molecule has 9 nitrogen and oxygen atoms in total. The van der Waals surface area contributed by atoms with E-state index in [2.05, 4.69) is 25.0 Å². The molecular formula is C21H25F6N3O6. The van der Waals surface area contributed by atoms with Crippen LogP contribution in [0.3, 0.4) is 0 Å². The molecule has 0 aromatic carbocycles. The van der Waals surface area contributed by atoms with Gasteiger partial charge >= 0.3 is 12.7 Å². The molecule has 1 aromatic rings. The van der Waals surface area contributed by atoms with E-state index in [1.807, 2.05) is 0 Å². The Labute approximate surface area is 201 Å². The van der Waals surface area contributed by atoms with Crippen molar-refractivity contribution in [1.29, 1.82) is 0 Å². The van der Waals surface area contributed by atoms with Gasteiger partial charge < -0.3 is 19.2 Å². The van der Waals surface area contributed by atoms with Crippen LogP contribution in [0.25, 0.3) is 0 Å². The second-order valence-electron chi connectivity index (χ2n) is 10.0. The van der Waals surface area contributed by atoms with Crippen molar-refractivity contribution < 1.29 is 54.5 Å². The molecule has 6 rings (SSSR count). The van der Waals surface area contributed by atoms with E-state index in [1.54, 1.807) is 0 Å². The summed E-state index contributed by atoms with van der Waals surface area (Å²) < 4.78 is 102. The van der Waals surface area contributed by atoms with Gasteiger partial charge in [-0.2, -0.15) is 0 Å². The van der Waals surface area contributed by atoms with Crippen LogP contribution in [0.4, 0.5) is 26.3 Å². The molecule has 202 valence electrons. The van der Waals surface area contributed by atoms with Crippen molar-refractivity contribution in [3.8, 4) is 0 Å². The quantitative estimate of drug-likeness (QED) is 0.397. The maximum absolute atomic E-state index is 12.9. The third-order valence-corrected chi connectivity index (χ3v) is 7.60. The predicted octanol–water partition coefficient (Wildman–Crippen LogP) is 4.07. The molecule has 3 saturated carbocycles. The maximum Gasteiger partial charge on any atom is 0.524 e. The van der Waals surface area contributed by atoms with E-state index >= 15 is 0 Å². The first-order valence-corrected chi connectivity index (χ1v) is 11.7. The van der Waals surface area contributed by atoms with Gasteiger partial charge in [-0.25, -0.2) is 0 Å². The number of nitrogens with zero attached hydrogens (tertiary/aromatic N) is 2. The molecule has 36 heavy (non-hydrogen) atoms. The average Bonchev–Trinajstić information content (AvgIpc) is 3.24. The summed E-state index contributed by atoms with van der Waals surface area (Å²) in [4.78, 5) is 12.5. The minimum atomic E-state index is -4.87. The Bertz CT molecular complexity index is 963. The lowest BCUT2D eigenvalue weighted by Crippen LogP contribution is -2.62. The van der Waals surface area contributed by atoms with Crippen molar-refractivity contribution in [3.05, 3.63) is 11.8 Å². The zero-order chi connectivity index (χ0) is 25.9. The Morgan fingerprint density at radius 1 is 0.861 bits per heavy atom. The molecule has 0 atom stereocenters. The zero-order valence-corrected chi connectivity index (χ0v) is 19.1. The van der Waals surface area contributed by atoms with E-state index in [1.165, 1.54) is 0 Å². The van der Waals surface area contributed by atoms with Crippen LogP contribution in [-0.4, -0.2) is 53.4 Å². The second kappa shape index (κ2) is 8.53. The molecule has 5 fully saturated rings. The smallest absolute Gasteiger partial charge is 0.419 e. The molecule has 0 spiro atoms. The lowest BCUT2D eigenvalue weighted by atomic mass is 9.71. The van der Waals surface area contributed by atoms with Gasteiger partial charge in [-0.3, -0.25) is 14.3 Å². The van der Waals surface area contributed by atoms with E-state index < -0.39 is 47.8 Å². The number of ether oxygens (including phenoxy) is 4. The van der Waals surface area contributed by atoms with Gasteiger partial charge in [-0.15, -0.1) is 36.5 Å². The summed E-state index contributed by atoms with van der Waals surface area (Å²) in [5.41, 5.74) is -3.43. The Morgan fingerprint density at radius 3 is 1.94 bits per heavy atom. The minimum Gasteiger partial charge on any atom is -0.419 e. The van der Waals surface area contributed by atoms with Gasteiger partial charge in [0.05, 0.1) is 12.1 Å². The van der Waals surface area contributed by atoms with Crippen LogP contribution in [-0.2, 0) is 34.9 Å². The Morgan fingerprint density at radius 2 is 1.47 bits per heavy atom. The lowest BCUT2D eigenvalue weighted by Gasteiger charge is -2.51. The molecule has 1 N–H and O–H groups in total. The Balaban J connectivity index is 1.18. The van der Waals surface area contributed by atoms with Gasteiger partial charge in [0.25, 0.3) is 0 Å². The van der Waals surface area contributed by atoms with E-state index in [0.29, 0.717) is 38.5 Å². The standard InChI is InChI=1S/C21H25F6N3O6/c22-20(23,24)35-18(3-1-4-18)15-30-29-14(34-15)17-9-7-16(8-10-17,12-33-17)28-13(31)11-32-19(5-2-6-19)36-21(25,26)27/h1-12H2,(H,28,31). The van der Waals surface area contributed by atoms with E-state index in [9.17, 15) is 31.1 Å². The van der Waals surface area contributed by atoms with Gasteiger partial charge in [0, 0.05) is 12.8 Å². The number of nitrogens with one attached hydrogen (secondary N) is 1. The first-order chi connectivity index (χ1) is 16.8. The average molecular weight is 529 g/mol. The monoisotopic (exact) mass is 529 g/mol. The summed E-state index contributed by atoms with van der Waals surface area (Å²) in [5, 5.41) is 10.6. The SMILES string of the molecule is O=C(COC1(OC(F)(F)F)CCC1)NC12CCC(c3nnc(C4(OC(F)(F)F)CCC4)o3)(CC1)OC2. The topological polar surface area (TPSA) is 105 Å². The third kappa shape index (κ3) is 4.94. The van der Waals surface area contributed by atoms with E-state index in [-0.39, 0.29) is 44.1 Å². The Hall–Kier alpha value is -1.97. The minimum absolute atomic E-state index is 0.0397. The molecule has 5 aliphatic rings. The van der Waals surface area contributed by atoms with Crippen molar-refractivity contribution >= 4 is 5.91 Å². The van der Waals surface area contributed by atoms with Gasteiger partial charge in [0.1, 0.15) is 12.2 Å². The molecule has 2 saturated heterocycles. The van der Waals surface area contributed by atoms with Gasteiger partial charge in [0.2, 0.25) is 17.7 Å². The number of rotatable bonds is 8. The first-order valence-electron chi connectivity index (χ1n) is 11.7. The van der Waals surface area contributed by atoms with Crippen molar-refractivity contribution in [1.82, 2.24) is 15.5 Å². The van der Waals surface area contributed by atoms with E-state index in [0.717, 1.165) is 0 Å². The first kappa shape index (κ1) is 25.7. The summed E-state index contributed by atoms with van der Waals surface area (Å²) >= 11 is 0. The van der Waals surface area contributed by atoms with Crippen molar-refractivity contribution in [2.45, 2.75) is 99.5 Å². The van der Waals surface area contributed by atoms with E-state index in [4.69, 9.17) is 13.9 Å². The molecular weight excluding hydrogens is 504 g/mol. The molecule has 1 amide bonds. The number of amides is 1. The molecule has 2 aliphatic heterocycles. The fourth-order valence-corrected chi connectivity index (χ4v) is 5.29. The van der Waals surface area contributed by atoms with Crippen molar-refractivity contribution in [2.24, 2.45) is 0 Å². The van der Waals surface area contributed by atoms with Gasteiger partial charge in [-0.05, 0) is 51.4 Å². The molecule has 15 heteroatoms. The van der Waals surface area contributed by atoms with Crippen LogP contribution in [0, 0.1) is 0 Å².